The maximum Gasteiger partial charge on any atom is 0.430 e. The number of alkyl halides is 6. The molecule has 0 radical (unpaired) electrons. The first kappa shape index (κ1) is 18.3. The van der Waals surface area contributed by atoms with Gasteiger partial charge < -0.3 is 5.11 Å². The number of benzene rings is 1. The maximum atomic E-state index is 12.9. The van der Waals surface area contributed by atoms with Crippen molar-refractivity contribution in [3.63, 3.8) is 0 Å². The molecule has 0 aromatic heterocycles. The Balaban J connectivity index is 3.66. The lowest BCUT2D eigenvalue weighted by Gasteiger charge is -2.33. The van der Waals surface area contributed by atoms with Gasteiger partial charge in [-0.05, 0) is 23.1 Å². The molecule has 0 saturated carbocycles. The largest absolute Gasteiger partial charge is 0.430 e. The summed E-state index contributed by atoms with van der Waals surface area (Å²) in [5, 5.41) is 9.40. The topological polar surface area (TPSA) is 20.2 Å². The van der Waals surface area contributed by atoms with E-state index in [9.17, 15) is 31.4 Å². The van der Waals surface area contributed by atoms with Crippen LogP contribution >= 0.6 is 15.9 Å². The number of halogens is 7. The zero-order chi connectivity index (χ0) is 16.9. The fraction of sp³-hybridized carbons (Fsp3) is 0.538. The monoisotopic (exact) mass is 378 g/mol. The fourth-order valence-corrected chi connectivity index (χ4v) is 2.21. The Labute approximate surface area is 126 Å². The van der Waals surface area contributed by atoms with E-state index >= 15 is 0 Å². The molecule has 0 heterocycles. The summed E-state index contributed by atoms with van der Waals surface area (Å²) in [6.07, 6.45) is -11.8. The lowest BCUT2D eigenvalue weighted by molar-refractivity contribution is -0.376. The van der Waals surface area contributed by atoms with Gasteiger partial charge in [0.2, 0.25) is 0 Å². The van der Waals surface area contributed by atoms with Crippen LogP contribution in [0, 0.1) is 0 Å². The van der Waals surface area contributed by atoms with Gasteiger partial charge in [0, 0.05) is 10.0 Å². The smallest absolute Gasteiger partial charge is 0.369 e. The molecule has 21 heavy (non-hydrogen) atoms. The zero-order valence-electron chi connectivity index (χ0n) is 11.3. The Bertz CT molecular complexity index is 513. The quantitative estimate of drug-likeness (QED) is 0.677. The second kappa shape index (κ2) is 5.15. The van der Waals surface area contributed by atoms with Crippen LogP contribution in [0.15, 0.2) is 22.7 Å². The zero-order valence-corrected chi connectivity index (χ0v) is 12.9. The van der Waals surface area contributed by atoms with Crippen molar-refractivity contribution in [1.82, 2.24) is 0 Å². The van der Waals surface area contributed by atoms with Crippen LogP contribution in [0.5, 0.6) is 0 Å². The van der Waals surface area contributed by atoms with Gasteiger partial charge >= 0.3 is 12.4 Å². The van der Waals surface area contributed by atoms with Crippen LogP contribution in [0.3, 0.4) is 0 Å². The predicted octanol–water partition coefficient (Wildman–Crippen LogP) is 5.06. The summed E-state index contributed by atoms with van der Waals surface area (Å²) in [6.45, 7) is 4.91. The minimum atomic E-state index is -5.89. The van der Waals surface area contributed by atoms with Gasteiger partial charge in [-0.2, -0.15) is 26.3 Å². The molecule has 120 valence electrons. The van der Waals surface area contributed by atoms with Crippen LogP contribution in [-0.4, -0.2) is 17.5 Å². The van der Waals surface area contributed by atoms with E-state index in [1.165, 1.54) is 6.07 Å². The van der Waals surface area contributed by atoms with E-state index in [0.29, 0.717) is 6.07 Å². The van der Waals surface area contributed by atoms with Gasteiger partial charge in [0.15, 0.2) is 0 Å². The van der Waals surface area contributed by atoms with Crippen molar-refractivity contribution in [1.29, 1.82) is 0 Å². The minimum absolute atomic E-state index is 0.0249. The van der Waals surface area contributed by atoms with Gasteiger partial charge in [-0.15, -0.1) is 0 Å². The van der Waals surface area contributed by atoms with Gasteiger partial charge in [0.1, 0.15) is 0 Å². The first-order valence-corrected chi connectivity index (χ1v) is 6.57. The minimum Gasteiger partial charge on any atom is -0.369 e. The second-order valence-corrected chi connectivity index (χ2v) is 6.60. The average Bonchev–Trinajstić information content (AvgIpc) is 2.22. The molecule has 1 aromatic carbocycles. The van der Waals surface area contributed by atoms with E-state index in [-0.39, 0.29) is 10.0 Å². The van der Waals surface area contributed by atoms with E-state index < -0.39 is 28.9 Å². The van der Waals surface area contributed by atoms with Crippen LogP contribution in [0.2, 0.25) is 0 Å². The summed E-state index contributed by atoms with van der Waals surface area (Å²) in [5.74, 6) is 0. The maximum absolute atomic E-state index is 12.9. The molecule has 0 atom stereocenters. The highest BCUT2D eigenvalue weighted by atomic mass is 79.9. The highest BCUT2D eigenvalue weighted by Crippen LogP contribution is 2.50. The number of aliphatic hydroxyl groups is 1. The first-order valence-electron chi connectivity index (χ1n) is 5.78. The van der Waals surface area contributed by atoms with E-state index in [0.717, 1.165) is 6.07 Å². The Morgan fingerprint density at radius 3 is 1.52 bits per heavy atom. The summed E-state index contributed by atoms with van der Waals surface area (Å²) in [6, 6.07) is 2.76. The highest BCUT2D eigenvalue weighted by molar-refractivity contribution is 9.10. The summed E-state index contributed by atoms with van der Waals surface area (Å²) >= 11 is 2.89. The van der Waals surface area contributed by atoms with Gasteiger partial charge in [0.05, 0.1) is 0 Å². The Morgan fingerprint density at radius 2 is 1.19 bits per heavy atom. The number of hydrogen-bond acceptors (Lipinski definition) is 1. The van der Waals surface area contributed by atoms with E-state index in [2.05, 4.69) is 15.9 Å². The van der Waals surface area contributed by atoms with Crippen LogP contribution in [0.1, 0.15) is 31.9 Å². The molecule has 1 rings (SSSR count). The third-order valence-corrected chi connectivity index (χ3v) is 3.46. The molecule has 0 spiro atoms. The molecule has 0 unspecified atom stereocenters. The molecule has 0 aliphatic heterocycles. The van der Waals surface area contributed by atoms with Crippen molar-refractivity contribution >= 4 is 15.9 Å². The molecular formula is C13H13BrF6O. The molecule has 8 heteroatoms. The van der Waals surface area contributed by atoms with Crippen LogP contribution in [-0.2, 0) is 11.0 Å². The molecule has 0 saturated heterocycles. The SMILES string of the molecule is CC(C)(C)c1cc(Br)cc(C(O)(C(F)(F)F)C(F)(F)F)c1. The van der Waals surface area contributed by atoms with Crippen LogP contribution < -0.4 is 0 Å². The van der Waals surface area contributed by atoms with Crippen molar-refractivity contribution in [3.8, 4) is 0 Å². The van der Waals surface area contributed by atoms with Gasteiger partial charge in [0.25, 0.3) is 5.60 Å². The van der Waals surface area contributed by atoms with Gasteiger partial charge in [-0.25, -0.2) is 0 Å². The summed E-state index contributed by atoms with van der Waals surface area (Å²) in [7, 11) is 0. The lowest BCUT2D eigenvalue weighted by atomic mass is 9.83. The molecule has 1 N–H and O–H groups in total. The summed E-state index contributed by atoms with van der Waals surface area (Å²) in [5.41, 5.74) is -6.62. The number of hydrogen-bond donors (Lipinski definition) is 1. The standard InChI is InChI=1S/C13H13BrF6O/c1-10(2,3)7-4-8(6-9(14)5-7)11(21,12(15,16)17)13(18,19)20/h4-6,21H,1-3H3. The van der Waals surface area contributed by atoms with Gasteiger partial charge in [-0.1, -0.05) is 42.8 Å². The fourth-order valence-electron chi connectivity index (χ4n) is 1.72. The molecule has 1 aromatic rings. The van der Waals surface area contributed by atoms with Gasteiger partial charge in [-0.3, -0.25) is 0 Å². The molecule has 0 aliphatic rings. The van der Waals surface area contributed by atoms with E-state index in [1.807, 2.05) is 0 Å². The molecule has 0 aliphatic carbocycles. The van der Waals surface area contributed by atoms with E-state index in [4.69, 9.17) is 0 Å². The van der Waals surface area contributed by atoms with Crippen LogP contribution in [0.4, 0.5) is 26.3 Å². The van der Waals surface area contributed by atoms with Crippen molar-refractivity contribution < 1.29 is 31.4 Å². The van der Waals surface area contributed by atoms with E-state index in [1.54, 1.807) is 20.8 Å². The molecule has 1 nitrogen and oxygen atoms in total. The van der Waals surface area contributed by atoms with Crippen molar-refractivity contribution in [2.24, 2.45) is 0 Å². The Morgan fingerprint density at radius 1 is 0.810 bits per heavy atom. The van der Waals surface area contributed by atoms with Crippen molar-refractivity contribution in [3.05, 3.63) is 33.8 Å². The average molecular weight is 379 g/mol. The normalized spacial score (nSPS) is 14.4. The third kappa shape index (κ3) is 3.36. The first-order chi connectivity index (χ1) is 9.10. The number of rotatable bonds is 1. The Hall–Kier alpha value is -0.760. The lowest BCUT2D eigenvalue weighted by Crippen LogP contribution is -2.54. The predicted molar refractivity (Wildman–Crippen MR) is 68.8 cm³/mol. The summed E-state index contributed by atoms with van der Waals surface area (Å²) < 4.78 is 77.2. The van der Waals surface area contributed by atoms with Crippen molar-refractivity contribution in [2.45, 2.75) is 44.1 Å². The second-order valence-electron chi connectivity index (χ2n) is 5.68. The molecule has 0 bridgehead atoms. The van der Waals surface area contributed by atoms with Crippen molar-refractivity contribution in [2.75, 3.05) is 0 Å². The third-order valence-electron chi connectivity index (χ3n) is 3.00. The molecular weight excluding hydrogens is 366 g/mol. The Kier molecular flexibility index (Phi) is 4.49. The molecule has 0 fully saturated rings. The highest BCUT2D eigenvalue weighted by Gasteiger charge is 2.71. The van der Waals surface area contributed by atoms with Crippen LogP contribution in [0.25, 0.3) is 0 Å². The summed E-state index contributed by atoms with van der Waals surface area (Å²) in [4.78, 5) is 0. The molecule has 0 amide bonds.